The minimum Gasteiger partial charge on any atom is -0.465 e. The molecule has 0 bridgehead atoms. The summed E-state index contributed by atoms with van der Waals surface area (Å²) in [6, 6.07) is 8.65. The molecule has 2 heterocycles. The van der Waals surface area contributed by atoms with E-state index in [-0.39, 0.29) is 12.6 Å². The fourth-order valence-electron chi connectivity index (χ4n) is 4.02. The molecule has 2 aliphatic rings. The molecule has 0 amide bonds. The Morgan fingerprint density at radius 1 is 1.12 bits per heavy atom. The molecule has 5 heteroatoms. The summed E-state index contributed by atoms with van der Waals surface area (Å²) in [6.07, 6.45) is 4.79. The Morgan fingerprint density at radius 3 is 2.46 bits per heavy atom. The minimum atomic E-state index is -0.287. The highest BCUT2D eigenvalue weighted by molar-refractivity contribution is 5.89. The highest BCUT2D eigenvalue weighted by Crippen LogP contribution is 2.25. The Bertz CT molecular complexity index is 546. The topological polar surface area (TPSA) is 53.0 Å². The van der Waals surface area contributed by atoms with Crippen LogP contribution in [0.2, 0.25) is 0 Å². The summed E-state index contributed by atoms with van der Waals surface area (Å²) < 4.78 is 4.75. The number of rotatable bonds is 6. The molecule has 2 unspecified atom stereocenters. The van der Waals surface area contributed by atoms with Gasteiger partial charge in [0.25, 0.3) is 0 Å². The average Bonchev–Trinajstić information content (AvgIpc) is 3.24. The van der Waals surface area contributed by atoms with Gasteiger partial charge >= 0.3 is 5.97 Å². The third-order valence-electron chi connectivity index (χ3n) is 5.41. The number of benzene rings is 1. The van der Waals surface area contributed by atoms with E-state index >= 15 is 0 Å². The zero-order valence-corrected chi connectivity index (χ0v) is 14.5. The van der Waals surface area contributed by atoms with Crippen LogP contribution < -0.4 is 0 Å². The standard InChI is InChI=1S/C19H28N2O3/c1-24-19(23)16-8-6-15(7-9-16)12-20-10-2-4-17(20)13-21-11-3-5-18(21)14-22/h6-9,17-18,22H,2-5,10-14H2,1H3. The van der Waals surface area contributed by atoms with Gasteiger partial charge in [-0.3, -0.25) is 9.80 Å². The van der Waals surface area contributed by atoms with Crippen LogP contribution in [-0.2, 0) is 11.3 Å². The third-order valence-corrected chi connectivity index (χ3v) is 5.41. The number of aliphatic hydroxyl groups excluding tert-OH is 1. The summed E-state index contributed by atoms with van der Waals surface area (Å²) in [5.41, 5.74) is 1.83. The molecule has 0 aromatic heterocycles. The van der Waals surface area contributed by atoms with Gasteiger partial charge in [-0.25, -0.2) is 4.79 Å². The first-order valence-corrected chi connectivity index (χ1v) is 8.97. The van der Waals surface area contributed by atoms with Gasteiger partial charge in [-0.1, -0.05) is 12.1 Å². The molecular formula is C19H28N2O3. The van der Waals surface area contributed by atoms with Crippen LogP contribution >= 0.6 is 0 Å². The molecule has 5 nitrogen and oxygen atoms in total. The van der Waals surface area contributed by atoms with Gasteiger partial charge in [-0.05, 0) is 56.5 Å². The summed E-state index contributed by atoms with van der Waals surface area (Å²) in [4.78, 5) is 16.5. The summed E-state index contributed by atoms with van der Waals surface area (Å²) in [5.74, 6) is -0.287. The van der Waals surface area contributed by atoms with Crippen LogP contribution in [0, 0.1) is 0 Å². The van der Waals surface area contributed by atoms with Gasteiger partial charge in [-0.2, -0.15) is 0 Å². The van der Waals surface area contributed by atoms with Crippen molar-refractivity contribution in [2.24, 2.45) is 0 Å². The Kier molecular flexibility index (Phi) is 5.87. The van der Waals surface area contributed by atoms with Crippen LogP contribution in [-0.4, -0.2) is 66.3 Å². The number of likely N-dealkylation sites (tertiary alicyclic amines) is 2. The largest absolute Gasteiger partial charge is 0.465 e. The number of carbonyl (C=O) groups excluding carboxylic acids is 1. The van der Waals surface area contributed by atoms with E-state index in [1.165, 1.54) is 31.9 Å². The third kappa shape index (κ3) is 3.97. The summed E-state index contributed by atoms with van der Waals surface area (Å²) >= 11 is 0. The second-order valence-corrected chi connectivity index (χ2v) is 6.93. The Hall–Kier alpha value is -1.43. The predicted octanol–water partition coefficient (Wildman–Crippen LogP) is 1.89. The first kappa shape index (κ1) is 17.4. The minimum absolute atomic E-state index is 0.279. The molecule has 3 rings (SSSR count). The Balaban J connectivity index is 1.58. The van der Waals surface area contributed by atoms with E-state index in [0.717, 1.165) is 32.6 Å². The van der Waals surface area contributed by atoms with Crippen molar-refractivity contribution in [3.8, 4) is 0 Å². The van der Waals surface area contributed by atoms with Crippen molar-refractivity contribution in [2.75, 3.05) is 33.4 Å². The molecule has 1 aromatic rings. The molecule has 0 spiro atoms. The Morgan fingerprint density at radius 2 is 1.79 bits per heavy atom. The summed E-state index contributed by atoms with van der Waals surface area (Å²) in [7, 11) is 1.41. The molecule has 24 heavy (non-hydrogen) atoms. The van der Waals surface area contributed by atoms with Crippen molar-refractivity contribution in [3.63, 3.8) is 0 Å². The van der Waals surface area contributed by atoms with Crippen LogP contribution in [0.15, 0.2) is 24.3 Å². The second kappa shape index (κ2) is 8.10. The van der Waals surface area contributed by atoms with Crippen molar-refractivity contribution >= 4 is 5.97 Å². The van der Waals surface area contributed by atoms with Crippen LogP contribution in [0.5, 0.6) is 0 Å². The lowest BCUT2D eigenvalue weighted by atomic mass is 10.1. The highest BCUT2D eigenvalue weighted by atomic mass is 16.5. The van der Waals surface area contributed by atoms with E-state index in [1.807, 2.05) is 24.3 Å². The molecule has 2 fully saturated rings. The smallest absolute Gasteiger partial charge is 0.337 e. The van der Waals surface area contributed by atoms with E-state index in [2.05, 4.69) is 9.80 Å². The van der Waals surface area contributed by atoms with Gasteiger partial charge in [0.1, 0.15) is 0 Å². The van der Waals surface area contributed by atoms with Gasteiger partial charge in [0.2, 0.25) is 0 Å². The van der Waals surface area contributed by atoms with Crippen molar-refractivity contribution in [1.29, 1.82) is 0 Å². The maximum Gasteiger partial charge on any atom is 0.337 e. The van der Waals surface area contributed by atoms with E-state index in [1.54, 1.807) is 0 Å². The fraction of sp³-hybridized carbons (Fsp3) is 0.632. The van der Waals surface area contributed by atoms with Crippen molar-refractivity contribution in [3.05, 3.63) is 35.4 Å². The fourth-order valence-corrected chi connectivity index (χ4v) is 4.02. The number of esters is 1. The van der Waals surface area contributed by atoms with Crippen LogP contribution in [0.1, 0.15) is 41.6 Å². The number of nitrogens with zero attached hydrogens (tertiary/aromatic N) is 2. The number of carbonyl (C=O) groups is 1. The summed E-state index contributed by atoms with van der Waals surface area (Å²) in [6.45, 7) is 4.50. The maximum atomic E-state index is 11.5. The molecule has 1 aromatic carbocycles. The monoisotopic (exact) mass is 332 g/mol. The van der Waals surface area contributed by atoms with Crippen LogP contribution in [0.4, 0.5) is 0 Å². The molecule has 132 valence electrons. The molecule has 2 saturated heterocycles. The van der Waals surface area contributed by atoms with Crippen molar-refractivity contribution in [1.82, 2.24) is 9.80 Å². The molecule has 2 atom stereocenters. The predicted molar refractivity (Wildman–Crippen MR) is 92.9 cm³/mol. The van der Waals surface area contributed by atoms with E-state index in [4.69, 9.17) is 4.74 Å². The van der Waals surface area contributed by atoms with Crippen molar-refractivity contribution in [2.45, 2.75) is 44.3 Å². The van der Waals surface area contributed by atoms with Crippen LogP contribution in [0.3, 0.4) is 0 Å². The molecule has 1 N–H and O–H groups in total. The van der Waals surface area contributed by atoms with Gasteiger partial charge < -0.3 is 9.84 Å². The van der Waals surface area contributed by atoms with Crippen molar-refractivity contribution < 1.29 is 14.6 Å². The number of aliphatic hydroxyl groups is 1. The first-order valence-electron chi connectivity index (χ1n) is 8.97. The summed E-state index contributed by atoms with van der Waals surface area (Å²) in [5, 5.41) is 9.51. The number of hydrogen-bond acceptors (Lipinski definition) is 5. The van der Waals surface area contributed by atoms with Gasteiger partial charge in [0, 0.05) is 25.2 Å². The van der Waals surface area contributed by atoms with E-state index in [0.29, 0.717) is 17.6 Å². The zero-order chi connectivity index (χ0) is 16.9. The molecule has 0 saturated carbocycles. The lowest BCUT2D eigenvalue weighted by molar-refractivity contribution is 0.0600. The normalized spacial score (nSPS) is 25.2. The Labute approximate surface area is 144 Å². The number of methoxy groups -OCH3 is 1. The molecule has 0 radical (unpaired) electrons. The van der Waals surface area contributed by atoms with E-state index in [9.17, 15) is 9.90 Å². The van der Waals surface area contributed by atoms with E-state index < -0.39 is 0 Å². The zero-order valence-electron chi connectivity index (χ0n) is 14.5. The number of hydrogen-bond donors (Lipinski definition) is 1. The van der Waals surface area contributed by atoms with Gasteiger partial charge in [-0.15, -0.1) is 0 Å². The lowest BCUT2D eigenvalue weighted by Crippen LogP contribution is -2.43. The second-order valence-electron chi connectivity index (χ2n) is 6.93. The maximum absolute atomic E-state index is 11.5. The van der Waals surface area contributed by atoms with Crippen LogP contribution in [0.25, 0.3) is 0 Å². The highest BCUT2D eigenvalue weighted by Gasteiger charge is 2.31. The molecule has 0 aliphatic carbocycles. The van der Waals surface area contributed by atoms with Gasteiger partial charge in [0.15, 0.2) is 0 Å². The molecule has 2 aliphatic heterocycles. The molecular weight excluding hydrogens is 304 g/mol. The lowest BCUT2D eigenvalue weighted by Gasteiger charge is -2.31. The SMILES string of the molecule is COC(=O)c1ccc(CN2CCCC2CN2CCCC2CO)cc1. The average molecular weight is 332 g/mol. The first-order chi connectivity index (χ1) is 11.7. The van der Waals surface area contributed by atoms with Gasteiger partial charge in [0.05, 0.1) is 19.3 Å². The number of ether oxygens (including phenoxy) is 1. The quantitative estimate of drug-likeness (QED) is 0.806.